The molecule has 1 fully saturated rings. The highest BCUT2D eigenvalue weighted by atomic mass is 16.3. The highest BCUT2D eigenvalue weighted by molar-refractivity contribution is 5.81. The second-order valence-electron chi connectivity index (χ2n) is 5.63. The van der Waals surface area contributed by atoms with E-state index in [1.807, 2.05) is 18.2 Å². The van der Waals surface area contributed by atoms with E-state index in [0.29, 0.717) is 18.3 Å². The molecule has 3 N–H and O–H groups in total. The SMILES string of the molecule is Nc1nc2ccccc2cc1CN1CCC(CO)CC1. The minimum atomic E-state index is 0.313. The number of piperidine rings is 1. The summed E-state index contributed by atoms with van der Waals surface area (Å²) in [5.74, 6) is 1.10. The molecule has 0 atom stereocenters. The fraction of sp³-hybridized carbons (Fsp3) is 0.438. The van der Waals surface area contributed by atoms with Crippen molar-refractivity contribution in [1.82, 2.24) is 9.88 Å². The Morgan fingerprint density at radius 1 is 1.25 bits per heavy atom. The summed E-state index contributed by atoms with van der Waals surface area (Å²) in [5.41, 5.74) is 8.13. The maximum absolute atomic E-state index is 9.18. The lowest BCUT2D eigenvalue weighted by Crippen LogP contribution is -2.34. The predicted molar refractivity (Wildman–Crippen MR) is 81.2 cm³/mol. The van der Waals surface area contributed by atoms with Crippen molar-refractivity contribution >= 4 is 16.7 Å². The molecule has 20 heavy (non-hydrogen) atoms. The number of fused-ring (bicyclic) bond motifs is 1. The van der Waals surface area contributed by atoms with Crippen LogP contribution in [0.5, 0.6) is 0 Å². The Morgan fingerprint density at radius 2 is 2.00 bits per heavy atom. The lowest BCUT2D eigenvalue weighted by atomic mass is 9.97. The van der Waals surface area contributed by atoms with Gasteiger partial charge in [0.25, 0.3) is 0 Å². The van der Waals surface area contributed by atoms with Crippen LogP contribution in [0.15, 0.2) is 30.3 Å². The highest BCUT2D eigenvalue weighted by Crippen LogP contribution is 2.22. The molecule has 2 aromatic rings. The summed E-state index contributed by atoms with van der Waals surface area (Å²) in [7, 11) is 0. The van der Waals surface area contributed by atoms with Gasteiger partial charge >= 0.3 is 0 Å². The van der Waals surface area contributed by atoms with Crippen LogP contribution in [0.25, 0.3) is 10.9 Å². The molecule has 0 bridgehead atoms. The molecule has 0 spiro atoms. The van der Waals surface area contributed by atoms with Crippen molar-refractivity contribution in [3.8, 4) is 0 Å². The number of para-hydroxylation sites is 1. The highest BCUT2D eigenvalue weighted by Gasteiger charge is 2.19. The predicted octanol–water partition coefficient (Wildman–Crippen LogP) is 2.02. The van der Waals surface area contributed by atoms with Gasteiger partial charge in [0.05, 0.1) is 5.52 Å². The van der Waals surface area contributed by atoms with Crippen LogP contribution in [-0.4, -0.2) is 34.7 Å². The van der Waals surface area contributed by atoms with Crippen molar-refractivity contribution in [2.24, 2.45) is 5.92 Å². The number of nitrogen functional groups attached to an aromatic ring is 1. The van der Waals surface area contributed by atoms with Gasteiger partial charge in [-0.3, -0.25) is 4.90 Å². The molecule has 1 aliphatic rings. The van der Waals surface area contributed by atoms with Crippen molar-refractivity contribution in [1.29, 1.82) is 0 Å². The molecule has 3 rings (SSSR count). The zero-order chi connectivity index (χ0) is 13.9. The average molecular weight is 271 g/mol. The van der Waals surface area contributed by atoms with Crippen molar-refractivity contribution in [3.05, 3.63) is 35.9 Å². The van der Waals surface area contributed by atoms with E-state index in [1.54, 1.807) is 0 Å². The first kappa shape index (κ1) is 13.3. The Hall–Kier alpha value is -1.65. The first-order valence-electron chi connectivity index (χ1n) is 7.23. The Balaban J connectivity index is 1.76. The molecule has 0 unspecified atom stereocenters. The molecule has 0 saturated carbocycles. The van der Waals surface area contributed by atoms with E-state index < -0.39 is 0 Å². The lowest BCUT2D eigenvalue weighted by Gasteiger charge is -2.31. The summed E-state index contributed by atoms with van der Waals surface area (Å²) in [6, 6.07) is 10.2. The van der Waals surface area contributed by atoms with E-state index in [2.05, 4.69) is 22.0 Å². The molecule has 2 heterocycles. The number of rotatable bonds is 3. The third-order valence-corrected chi connectivity index (χ3v) is 4.20. The minimum absolute atomic E-state index is 0.313. The zero-order valence-electron chi connectivity index (χ0n) is 11.6. The number of pyridine rings is 1. The Labute approximate surface area is 119 Å². The number of benzene rings is 1. The zero-order valence-corrected chi connectivity index (χ0v) is 11.6. The molecule has 0 aliphatic carbocycles. The van der Waals surface area contributed by atoms with E-state index in [4.69, 9.17) is 5.73 Å². The Morgan fingerprint density at radius 3 is 2.75 bits per heavy atom. The van der Waals surface area contributed by atoms with Gasteiger partial charge in [0.1, 0.15) is 5.82 Å². The third kappa shape index (κ3) is 2.76. The molecule has 4 nitrogen and oxygen atoms in total. The van der Waals surface area contributed by atoms with E-state index in [-0.39, 0.29) is 0 Å². The van der Waals surface area contributed by atoms with Crippen molar-refractivity contribution < 1.29 is 5.11 Å². The summed E-state index contributed by atoms with van der Waals surface area (Å²) >= 11 is 0. The summed E-state index contributed by atoms with van der Waals surface area (Å²) in [6.07, 6.45) is 2.13. The summed E-state index contributed by atoms with van der Waals surface area (Å²) < 4.78 is 0. The monoisotopic (exact) mass is 271 g/mol. The number of likely N-dealkylation sites (tertiary alicyclic amines) is 1. The topological polar surface area (TPSA) is 62.4 Å². The molecule has 1 aromatic carbocycles. The van der Waals surface area contributed by atoms with Gasteiger partial charge in [-0.1, -0.05) is 18.2 Å². The van der Waals surface area contributed by atoms with Crippen LogP contribution in [0.4, 0.5) is 5.82 Å². The maximum atomic E-state index is 9.18. The fourth-order valence-electron chi connectivity index (χ4n) is 2.87. The number of hydrogen-bond donors (Lipinski definition) is 2. The molecule has 106 valence electrons. The van der Waals surface area contributed by atoms with Gasteiger partial charge in [-0.2, -0.15) is 0 Å². The van der Waals surface area contributed by atoms with Crippen molar-refractivity contribution in [3.63, 3.8) is 0 Å². The summed E-state index contributed by atoms with van der Waals surface area (Å²) in [4.78, 5) is 6.88. The number of anilines is 1. The van der Waals surface area contributed by atoms with E-state index in [0.717, 1.165) is 48.9 Å². The minimum Gasteiger partial charge on any atom is -0.396 e. The number of aliphatic hydroxyl groups is 1. The van der Waals surface area contributed by atoms with Gasteiger partial charge < -0.3 is 10.8 Å². The molecule has 0 radical (unpaired) electrons. The quantitative estimate of drug-likeness (QED) is 0.896. The molecule has 0 amide bonds. The summed E-state index contributed by atoms with van der Waals surface area (Å²) in [6.45, 7) is 3.21. The first-order valence-corrected chi connectivity index (χ1v) is 7.23. The molecule has 4 heteroatoms. The molecular weight excluding hydrogens is 250 g/mol. The number of nitrogens with zero attached hydrogens (tertiary/aromatic N) is 2. The number of hydrogen-bond acceptors (Lipinski definition) is 4. The van der Waals surface area contributed by atoms with Crippen molar-refractivity contribution in [2.45, 2.75) is 19.4 Å². The molecule has 1 aliphatic heterocycles. The van der Waals surface area contributed by atoms with E-state index in [1.165, 1.54) is 0 Å². The van der Waals surface area contributed by atoms with Crippen LogP contribution in [0.2, 0.25) is 0 Å². The first-order chi connectivity index (χ1) is 9.76. The summed E-state index contributed by atoms with van der Waals surface area (Å²) in [5, 5.41) is 10.3. The number of aliphatic hydroxyl groups excluding tert-OH is 1. The molecule has 1 saturated heterocycles. The van der Waals surface area contributed by atoms with Gasteiger partial charge in [0.2, 0.25) is 0 Å². The molecule has 1 aromatic heterocycles. The van der Waals surface area contributed by atoms with Gasteiger partial charge in [0.15, 0.2) is 0 Å². The van der Waals surface area contributed by atoms with Crippen LogP contribution in [0.1, 0.15) is 18.4 Å². The Bertz CT molecular complexity index is 591. The normalized spacial score (nSPS) is 17.6. The van der Waals surface area contributed by atoms with E-state index >= 15 is 0 Å². The Kier molecular flexibility index (Phi) is 3.85. The maximum Gasteiger partial charge on any atom is 0.128 e. The third-order valence-electron chi connectivity index (χ3n) is 4.20. The fourth-order valence-corrected chi connectivity index (χ4v) is 2.87. The lowest BCUT2D eigenvalue weighted by molar-refractivity contribution is 0.127. The number of nitrogens with two attached hydrogens (primary N) is 1. The van der Waals surface area contributed by atoms with Crippen molar-refractivity contribution in [2.75, 3.05) is 25.4 Å². The van der Waals surface area contributed by atoms with Crippen LogP contribution in [0.3, 0.4) is 0 Å². The van der Waals surface area contributed by atoms with E-state index in [9.17, 15) is 5.11 Å². The van der Waals surface area contributed by atoms with Gasteiger partial charge in [-0.05, 0) is 44.0 Å². The average Bonchev–Trinajstić information content (AvgIpc) is 2.49. The number of aromatic nitrogens is 1. The van der Waals surface area contributed by atoms with Crippen LogP contribution < -0.4 is 5.73 Å². The second-order valence-corrected chi connectivity index (χ2v) is 5.63. The van der Waals surface area contributed by atoms with Gasteiger partial charge in [0, 0.05) is 24.1 Å². The van der Waals surface area contributed by atoms with Crippen LogP contribution in [-0.2, 0) is 6.54 Å². The molecular formula is C16H21N3O. The van der Waals surface area contributed by atoms with Crippen LogP contribution in [0, 0.1) is 5.92 Å². The standard InChI is InChI=1S/C16H21N3O/c17-16-14(9-13-3-1-2-4-15(13)18-16)10-19-7-5-12(11-20)6-8-19/h1-4,9,12,20H,5-8,10-11H2,(H2,17,18). The van der Waals surface area contributed by atoms with Gasteiger partial charge in [-0.25, -0.2) is 4.98 Å². The smallest absolute Gasteiger partial charge is 0.128 e. The van der Waals surface area contributed by atoms with Crippen LogP contribution >= 0.6 is 0 Å². The largest absolute Gasteiger partial charge is 0.396 e. The second kappa shape index (κ2) is 5.77. The van der Waals surface area contributed by atoms with Gasteiger partial charge in [-0.15, -0.1) is 0 Å².